The zero-order chi connectivity index (χ0) is 30.2. The number of fused-ring (bicyclic) bond motifs is 1. The van der Waals surface area contributed by atoms with Crippen LogP contribution in [0.1, 0.15) is 24.0 Å². The molecule has 0 saturated heterocycles. The number of para-hydroxylation sites is 2. The minimum atomic E-state index is -3.11. The van der Waals surface area contributed by atoms with Crippen LogP contribution in [0.2, 0.25) is 5.02 Å². The highest BCUT2D eigenvalue weighted by atomic mass is 35.5. The van der Waals surface area contributed by atoms with Crippen LogP contribution < -0.4 is 15.5 Å². The predicted octanol–water partition coefficient (Wildman–Crippen LogP) is 5.53. The molecule has 0 spiro atoms. The van der Waals surface area contributed by atoms with Gasteiger partial charge in [0.1, 0.15) is 5.82 Å². The molecule has 2 heterocycles. The molecular weight excluding hydrogens is 586 g/mol. The Balaban J connectivity index is 1.21. The topological polar surface area (TPSA) is 122 Å². The molecule has 0 atom stereocenters. The summed E-state index contributed by atoms with van der Waals surface area (Å²) in [6.07, 6.45) is 4.40. The number of benzene rings is 3. The maximum absolute atomic E-state index is 13.6. The average molecular weight is 616 g/mol. The zero-order valence-corrected chi connectivity index (χ0v) is 25.2. The fourth-order valence-electron chi connectivity index (χ4n) is 5.10. The van der Waals surface area contributed by atoms with Gasteiger partial charge in [-0.05, 0) is 66.4 Å². The largest absolute Gasteiger partial charge is 0.341 e. The van der Waals surface area contributed by atoms with E-state index in [0.29, 0.717) is 35.0 Å². The lowest BCUT2D eigenvalue weighted by Crippen LogP contribution is -2.30. The number of hydrogen-bond acceptors (Lipinski definition) is 8. The van der Waals surface area contributed by atoms with Crippen molar-refractivity contribution in [3.8, 4) is 0 Å². The van der Waals surface area contributed by atoms with E-state index in [2.05, 4.69) is 20.6 Å². The highest BCUT2D eigenvalue weighted by Gasteiger charge is 2.51. The maximum atomic E-state index is 13.6. The van der Waals surface area contributed by atoms with E-state index in [-0.39, 0.29) is 11.7 Å². The summed E-state index contributed by atoms with van der Waals surface area (Å²) in [5.41, 5.74) is 3.45. The normalized spacial score (nSPS) is 13.9. The van der Waals surface area contributed by atoms with Gasteiger partial charge in [-0.1, -0.05) is 48.0 Å². The van der Waals surface area contributed by atoms with Crippen molar-refractivity contribution in [2.75, 3.05) is 28.8 Å². The minimum absolute atomic E-state index is 0.0163. The first-order valence-corrected chi connectivity index (χ1v) is 16.1. The molecule has 6 rings (SSSR count). The summed E-state index contributed by atoms with van der Waals surface area (Å²) in [4.78, 5) is 29.3. The number of rotatable bonds is 10. The Morgan fingerprint density at radius 3 is 2.42 bits per heavy atom. The Hall–Kier alpha value is -4.48. The summed E-state index contributed by atoms with van der Waals surface area (Å²) >= 11 is 6.08. The molecule has 5 aromatic rings. The van der Waals surface area contributed by atoms with E-state index in [4.69, 9.17) is 16.6 Å². The molecular formula is C31H30ClN7O3S. The Bertz CT molecular complexity index is 1900. The summed E-state index contributed by atoms with van der Waals surface area (Å²) < 4.78 is 25.1. The highest BCUT2D eigenvalue weighted by molar-refractivity contribution is 7.89. The van der Waals surface area contributed by atoms with Crippen molar-refractivity contribution >= 4 is 61.8 Å². The monoisotopic (exact) mass is 615 g/mol. The van der Waals surface area contributed by atoms with Gasteiger partial charge in [-0.3, -0.25) is 14.7 Å². The molecule has 0 aliphatic heterocycles. The van der Waals surface area contributed by atoms with Gasteiger partial charge in [-0.15, -0.1) is 0 Å². The molecule has 1 fully saturated rings. The van der Waals surface area contributed by atoms with Crippen molar-refractivity contribution in [1.82, 2.24) is 19.5 Å². The number of nitrogens with zero attached hydrogens (tertiary/aromatic N) is 5. The van der Waals surface area contributed by atoms with Gasteiger partial charge in [-0.2, -0.15) is 4.98 Å². The second-order valence-electron chi connectivity index (χ2n) is 10.9. The minimum Gasteiger partial charge on any atom is -0.341 e. The van der Waals surface area contributed by atoms with Crippen LogP contribution in [-0.4, -0.2) is 47.1 Å². The second kappa shape index (κ2) is 11.3. The average Bonchev–Trinajstić information content (AvgIpc) is 3.72. The van der Waals surface area contributed by atoms with Gasteiger partial charge in [0.2, 0.25) is 17.8 Å². The summed E-state index contributed by atoms with van der Waals surface area (Å²) in [5, 5.41) is 6.92. The molecule has 0 unspecified atom stereocenters. The van der Waals surface area contributed by atoms with Crippen LogP contribution in [0.15, 0.2) is 85.1 Å². The van der Waals surface area contributed by atoms with Crippen LogP contribution in [0.4, 0.5) is 23.4 Å². The number of amides is 1. The quantitative estimate of drug-likeness (QED) is 0.210. The standard InChI is InChI=1S/C31H30ClN7O3S/c1-38(27-15-18-33-29(36-27)34-24-13-7-21(8-14-24)19-43(2,41)42)20-39-26-6-4-3-5-25(26)35-30(39)37-28(40)31(16-17-31)22-9-11-23(32)12-10-22/h3-15,18H,16-17,19-20H2,1-2H3,(H,33,34,36)(H,35,37,40). The van der Waals surface area contributed by atoms with E-state index < -0.39 is 15.3 Å². The number of nitrogens with one attached hydrogen (secondary N) is 2. The lowest BCUT2D eigenvalue weighted by atomic mass is 9.95. The van der Waals surface area contributed by atoms with Crippen molar-refractivity contribution in [3.63, 3.8) is 0 Å². The van der Waals surface area contributed by atoms with E-state index in [1.54, 1.807) is 36.5 Å². The zero-order valence-electron chi connectivity index (χ0n) is 23.7. The molecule has 43 heavy (non-hydrogen) atoms. The van der Waals surface area contributed by atoms with Crippen molar-refractivity contribution in [2.24, 2.45) is 0 Å². The van der Waals surface area contributed by atoms with Crippen molar-refractivity contribution < 1.29 is 13.2 Å². The van der Waals surface area contributed by atoms with Gasteiger partial charge >= 0.3 is 0 Å². The number of aromatic nitrogens is 4. The molecule has 220 valence electrons. The van der Waals surface area contributed by atoms with E-state index in [9.17, 15) is 13.2 Å². The smallest absolute Gasteiger partial charge is 0.237 e. The summed E-state index contributed by atoms with van der Waals surface area (Å²) in [6.45, 7) is 0.362. The maximum Gasteiger partial charge on any atom is 0.237 e. The molecule has 0 bridgehead atoms. The number of carbonyl (C=O) groups excluding carboxylic acids is 1. The summed E-state index contributed by atoms with van der Waals surface area (Å²) in [6, 6.07) is 24.1. The van der Waals surface area contributed by atoms with E-state index >= 15 is 0 Å². The summed E-state index contributed by atoms with van der Waals surface area (Å²) in [5.74, 6) is 1.39. The number of hydrogen-bond donors (Lipinski definition) is 2. The molecule has 1 amide bonds. The third-order valence-corrected chi connectivity index (χ3v) is 8.60. The fraction of sp³-hybridized carbons (Fsp3) is 0.226. The van der Waals surface area contributed by atoms with Crippen LogP contribution in [-0.2, 0) is 32.5 Å². The van der Waals surface area contributed by atoms with E-state index in [1.165, 1.54) is 6.26 Å². The molecule has 2 aromatic heterocycles. The first kappa shape index (κ1) is 28.6. The Kier molecular flexibility index (Phi) is 7.53. The number of imidazole rings is 1. The van der Waals surface area contributed by atoms with Crippen molar-refractivity contribution in [3.05, 3.63) is 101 Å². The molecule has 3 aromatic carbocycles. The molecule has 10 nitrogen and oxygen atoms in total. The third kappa shape index (κ3) is 6.32. The van der Waals surface area contributed by atoms with Gasteiger partial charge in [0.15, 0.2) is 9.84 Å². The van der Waals surface area contributed by atoms with Crippen molar-refractivity contribution in [1.29, 1.82) is 0 Å². The number of sulfone groups is 1. The van der Waals surface area contributed by atoms with Crippen LogP contribution in [0.5, 0.6) is 0 Å². The van der Waals surface area contributed by atoms with Crippen LogP contribution >= 0.6 is 11.6 Å². The number of carbonyl (C=O) groups is 1. The highest BCUT2D eigenvalue weighted by Crippen LogP contribution is 2.49. The van der Waals surface area contributed by atoms with Gasteiger partial charge in [0.25, 0.3) is 0 Å². The SMILES string of the molecule is CN(Cn1c(NC(=O)C2(c3ccc(Cl)cc3)CC2)nc2ccccc21)c1ccnc(Nc2ccc(CS(C)(=O)=O)cc2)n1. The summed E-state index contributed by atoms with van der Waals surface area (Å²) in [7, 11) is -1.21. The van der Waals surface area contributed by atoms with Gasteiger partial charge in [-0.25, -0.2) is 18.4 Å². The Morgan fingerprint density at radius 1 is 1.00 bits per heavy atom. The Morgan fingerprint density at radius 2 is 1.72 bits per heavy atom. The third-order valence-electron chi connectivity index (χ3n) is 7.49. The predicted molar refractivity (Wildman–Crippen MR) is 169 cm³/mol. The van der Waals surface area contributed by atoms with E-state index in [1.807, 2.05) is 65.0 Å². The lowest BCUT2D eigenvalue weighted by Gasteiger charge is -2.22. The van der Waals surface area contributed by atoms with Crippen molar-refractivity contribution in [2.45, 2.75) is 30.7 Å². The molecule has 12 heteroatoms. The molecule has 0 radical (unpaired) electrons. The van der Waals surface area contributed by atoms with Crippen LogP contribution in [0.3, 0.4) is 0 Å². The molecule has 1 aliphatic rings. The number of anilines is 4. The molecule has 1 saturated carbocycles. The van der Waals surface area contributed by atoms with Gasteiger partial charge < -0.3 is 10.2 Å². The number of halogens is 1. The van der Waals surface area contributed by atoms with Crippen LogP contribution in [0, 0.1) is 0 Å². The fourth-order valence-corrected chi connectivity index (χ4v) is 6.02. The molecule has 2 N–H and O–H groups in total. The molecule has 1 aliphatic carbocycles. The van der Waals surface area contributed by atoms with Gasteiger partial charge in [0, 0.05) is 30.2 Å². The Labute approximate surface area is 254 Å². The first-order chi connectivity index (χ1) is 20.6. The first-order valence-electron chi connectivity index (χ1n) is 13.7. The van der Waals surface area contributed by atoms with E-state index in [0.717, 1.165) is 35.1 Å². The van der Waals surface area contributed by atoms with Gasteiger partial charge in [0.05, 0.1) is 28.9 Å². The second-order valence-corrected chi connectivity index (χ2v) is 13.4. The van der Waals surface area contributed by atoms with Crippen LogP contribution in [0.25, 0.3) is 11.0 Å². The lowest BCUT2D eigenvalue weighted by molar-refractivity contribution is -0.118.